The molecule has 0 aliphatic heterocycles. The van der Waals surface area contributed by atoms with Crippen LogP contribution in [0, 0.1) is 11.6 Å². The van der Waals surface area contributed by atoms with Gasteiger partial charge in [-0.2, -0.15) is 5.10 Å². The van der Waals surface area contributed by atoms with Gasteiger partial charge in [0.1, 0.15) is 5.82 Å². The number of aromatic amines is 1. The van der Waals surface area contributed by atoms with Crippen LogP contribution in [0.5, 0.6) is 0 Å². The number of aromatic nitrogens is 2. The Morgan fingerprint density at radius 3 is 2.81 bits per heavy atom. The number of anilines is 1. The van der Waals surface area contributed by atoms with Crippen molar-refractivity contribution in [2.24, 2.45) is 0 Å². The summed E-state index contributed by atoms with van der Waals surface area (Å²) in [4.78, 5) is 12.1. The van der Waals surface area contributed by atoms with Crippen molar-refractivity contribution < 1.29 is 13.6 Å². The van der Waals surface area contributed by atoms with E-state index < -0.39 is 17.5 Å². The number of nitrogens with one attached hydrogen (secondary N) is 2. The average molecular weight is 308 g/mol. The molecule has 0 aliphatic rings. The third-order valence-electron chi connectivity index (χ3n) is 2.95. The summed E-state index contributed by atoms with van der Waals surface area (Å²) in [6.45, 7) is 0. The molecule has 2 aromatic carbocycles. The number of hydrogen-bond acceptors (Lipinski definition) is 2. The molecule has 2 N–H and O–H groups in total. The fourth-order valence-corrected chi connectivity index (χ4v) is 2.17. The number of H-pyrrole nitrogens is 1. The van der Waals surface area contributed by atoms with Crippen molar-refractivity contribution in [2.75, 3.05) is 5.32 Å². The van der Waals surface area contributed by atoms with Crippen LogP contribution in [0.1, 0.15) is 10.4 Å². The summed E-state index contributed by atoms with van der Waals surface area (Å²) >= 11 is 5.73. The maximum absolute atomic E-state index is 13.6. The number of halogens is 3. The second-order valence-electron chi connectivity index (χ2n) is 4.37. The molecule has 1 amide bonds. The minimum absolute atomic E-state index is 0.205. The molecule has 1 aromatic heterocycles. The fraction of sp³-hybridized carbons (Fsp3) is 0. The quantitative estimate of drug-likeness (QED) is 0.757. The van der Waals surface area contributed by atoms with Crippen LogP contribution in [0.2, 0.25) is 5.02 Å². The van der Waals surface area contributed by atoms with Crippen LogP contribution in [-0.2, 0) is 0 Å². The van der Waals surface area contributed by atoms with Crippen LogP contribution in [0.25, 0.3) is 10.9 Å². The van der Waals surface area contributed by atoms with Crippen molar-refractivity contribution in [2.45, 2.75) is 0 Å². The number of carbonyl (C=O) groups is 1. The van der Waals surface area contributed by atoms with Crippen molar-refractivity contribution in [1.82, 2.24) is 10.2 Å². The van der Waals surface area contributed by atoms with Crippen LogP contribution in [0.15, 0.2) is 36.5 Å². The van der Waals surface area contributed by atoms with E-state index in [4.69, 9.17) is 11.6 Å². The van der Waals surface area contributed by atoms with Crippen LogP contribution in [0.4, 0.5) is 14.5 Å². The Balaban J connectivity index is 1.92. The lowest BCUT2D eigenvalue weighted by Crippen LogP contribution is -2.13. The zero-order valence-corrected chi connectivity index (χ0v) is 11.2. The zero-order chi connectivity index (χ0) is 15.0. The van der Waals surface area contributed by atoms with Gasteiger partial charge in [0.25, 0.3) is 5.91 Å². The first-order chi connectivity index (χ1) is 10.0. The van der Waals surface area contributed by atoms with E-state index in [0.717, 1.165) is 11.5 Å². The highest BCUT2D eigenvalue weighted by molar-refractivity contribution is 6.34. The minimum Gasteiger partial charge on any atom is -0.318 e. The normalized spacial score (nSPS) is 10.8. The monoisotopic (exact) mass is 307 g/mol. The van der Waals surface area contributed by atoms with E-state index in [1.165, 1.54) is 0 Å². The van der Waals surface area contributed by atoms with Gasteiger partial charge in [0, 0.05) is 17.0 Å². The molecule has 3 aromatic rings. The number of nitrogens with zero attached hydrogens (tertiary/aromatic N) is 1. The molecule has 0 aliphatic carbocycles. The van der Waals surface area contributed by atoms with E-state index in [0.29, 0.717) is 17.1 Å². The second-order valence-corrected chi connectivity index (χ2v) is 4.78. The lowest BCUT2D eigenvalue weighted by atomic mass is 10.1. The van der Waals surface area contributed by atoms with E-state index in [1.54, 1.807) is 24.4 Å². The largest absolute Gasteiger partial charge is 0.318 e. The van der Waals surface area contributed by atoms with Crippen LogP contribution >= 0.6 is 11.6 Å². The average Bonchev–Trinajstić information content (AvgIpc) is 2.89. The van der Waals surface area contributed by atoms with E-state index in [9.17, 15) is 13.6 Å². The number of benzene rings is 2. The maximum atomic E-state index is 13.6. The number of carbonyl (C=O) groups excluding carboxylic acids is 1. The Bertz CT molecular complexity index is 824. The molecule has 1 heterocycles. The highest BCUT2D eigenvalue weighted by atomic mass is 35.5. The third kappa shape index (κ3) is 2.57. The number of rotatable bonds is 2. The van der Waals surface area contributed by atoms with Gasteiger partial charge in [-0.25, -0.2) is 8.78 Å². The van der Waals surface area contributed by atoms with Gasteiger partial charge in [-0.1, -0.05) is 17.7 Å². The number of fused-ring (bicyclic) bond motifs is 1. The van der Waals surface area contributed by atoms with Crippen LogP contribution in [0.3, 0.4) is 0 Å². The Labute approximate surface area is 122 Å². The summed E-state index contributed by atoms with van der Waals surface area (Å²) in [7, 11) is 0. The van der Waals surface area contributed by atoms with Gasteiger partial charge in [-0.15, -0.1) is 0 Å². The Morgan fingerprint density at radius 1 is 1.24 bits per heavy atom. The molecule has 0 unspecified atom stereocenters. The van der Waals surface area contributed by atoms with Crippen molar-refractivity contribution >= 4 is 34.1 Å². The molecule has 0 bridgehead atoms. The van der Waals surface area contributed by atoms with Gasteiger partial charge in [0.15, 0.2) is 5.82 Å². The minimum atomic E-state index is -0.934. The molecule has 4 nitrogen and oxygen atoms in total. The molecular formula is C14H8ClF2N3O. The molecule has 0 saturated carbocycles. The van der Waals surface area contributed by atoms with Gasteiger partial charge in [-0.05, 0) is 18.2 Å². The van der Waals surface area contributed by atoms with Gasteiger partial charge < -0.3 is 5.32 Å². The Kier molecular flexibility index (Phi) is 3.31. The molecule has 0 atom stereocenters. The van der Waals surface area contributed by atoms with Gasteiger partial charge in [0.2, 0.25) is 0 Å². The molecule has 0 fully saturated rings. The second kappa shape index (κ2) is 5.14. The topological polar surface area (TPSA) is 57.8 Å². The summed E-state index contributed by atoms with van der Waals surface area (Å²) in [6.07, 6.45) is 1.62. The molecule has 3 rings (SSSR count). The predicted molar refractivity (Wildman–Crippen MR) is 75.4 cm³/mol. The zero-order valence-electron chi connectivity index (χ0n) is 10.5. The molecule has 0 spiro atoms. The molecule has 0 saturated heterocycles. The summed E-state index contributed by atoms with van der Waals surface area (Å²) < 4.78 is 26.6. The predicted octanol–water partition coefficient (Wildman–Crippen LogP) is 3.75. The molecule has 0 radical (unpaired) electrons. The van der Waals surface area contributed by atoms with E-state index >= 15 is 0 Å². The molecule has 21 heavy (non-hydrogen) atoms. The SMILES string of the molecule is O=C(Nc1c(F)cc(F)cc1Cl)c1ccc2cn[nH]c2c1. The summed E-state index contributed by atoms with van der Waals surface area (Å²) in [6, 6.07) is 6.43. The van der Waals surface area contributed by atoms with E-state index in [-0.39, 0.29) is 10.7 Å². The summed E-state index contributed by atoms with van der Waals surface area (Å²) in [5.41, 5.74) is 0.715. The number of hydrogen-bond donors (Lipinski definition) is 2. The van der Waals surface area contributed by atoms with Crippen LogP contribution in [-0.4, -0.2) is 16.1 Å². The lowest BCUT2D eigenvalue weighted by Gasteiger charge is -2.08. The Morgan fingerprint density at radius 2 is 2.05 bits per heavy atom. The molecular weight excluding hydrogens is 300 g/mol. The van der Waals surface area contributed by atoms with Crippen molar-refractivity contribution in [1.29, 1.82) is 0 Å². The highest BCUT2D eigenvalue weighted by Crippen LogP contribution is 2.27. The maximum Gasteiger partial charge on any atom is 0.255 e. The third-order valence-corrected chi connectivity index (χ3v) is 3.25. The first kappa shape index (κ1) is 13.5. The highest BCUT2D eigenvalue weighted by Gasteiger charge is 2.14. The van der Waals surface area contributed by atoms with E-state index in [1.807, 2.05) is 0 Å². The summed E-state index contributed by atoms with van der Waals surface area (Å²) in [5.74, 6) is -2.30. The Hall–Kier alpha value is -2.47. The van der Waals surface area contributed by atoms with Crippen molar-refractivity contribution in [3.8, 4) is 0 Å². The first-order valence-electron chi connectivity index (χ1n) is 5.93. The number of amides is 1. The van der Waals surface area contributed by atoms with Gasteiger partial charge >= 0.3 is 0 Å². The molecule has 106 valence electrons. The van der Waals surface area contributed by atoms with Gasteiger partial charge in [0.05, 0.1) is 22.4 Å². The standard InChI is InChI=1S/C14H8ClF2N3O/c15-10-4-9(16)5-11(17)13(10)19-14(21)7-1-2-8-6-18-20-12(8)3-7/h1-6H,(H,18,20)(H,19,21). The molecule has 7 heteroatoms. The lowest BCUT2D eigenvalue weighted by molar-refractivity contribution is 0.102. The summed E-state index contributed by atoms with van der Waals surface area (Å²) in [5, 5.41) is 9.55. The van der Waals surface area contributed by atoms with Crippen LogP contribution < -0.4 is 5.32 Å². The first-order valence-corrected chi connectivity index (χ1v) is 6.31. The van der Waals surface area contributed by atoms with Crippen molar-refractivity contribution in [3.05, 3.63) is 58.7 Å². The van der Waals surface area contributed by atoms with Crippen molar-refractivity contribution in [3.63, 3.8) is 0 Å². The van der Waals surface area contributed by atoms with Gasteiger partial charge in [-0.3, -0.25) is 9.89 Å². The smallest absolute Gasteiger partial charge is 0.255 e. The fourth-order valence-electron chi connectivity index (χ4n) is 1.93. The van der Waals surface area contributed by atoms with E-state index in [2.05, 4.69) is 15.5 Å².